The molecule has 0 saturated carbocycles. The third-order valence-corrected chi connectivity index (χ3v) is 4.93. The summed E-state index contributed by atoms with van der Waals surface area (Å²) in [6, 6.07) is 19.3. The average Bonchev–Trinajstić information content (AvgIpc) is 2.59. The van der Waals surface area contributed by atoms with E-state index in [-0.39, 0.29) is 5.92 Å². The topological polar surface area (TPSA) is 20.3 Å². The molecular weight excluding hydrogens is 282 g/mol. The smallest absolute Gasteiger partial charge is 0.124 e. The van der Waals surface area contributed by atoms with Crippen LogP contribution in [0.5, 0.6) is 0 Å². The number of benzene rings is 2. The minimum absolute atomic E-state index is 0.147. The van der Waals surface area contributed by atoms with Crippen molar-refractivity contribution in [3.63, 3.8) is 0 Å². The molecule has 23 heavy (non-hydrogen) atoms. The maximum atomic E-state index is 11.6. The highest BCUT2D eigenvalue weighted by Crippen LogP contribution is 2.27. The van der Waals surface area contributed by atoms with Gasteiger partial charge in [0.15, 0.2) is 0 Å². The Balaban J connectivity index is 1.60. The van der Waals surface area contributed by atoms with Crippen LogP contribution in [0.1, 0.15) is 23.1 Å². The van der Waals surface area contributed by atoms with Gasteiger partial charge < -0.3 is 4.79 Å². The molecule has 2 unspecified atom stereocenters. The van der Waals surface area contributed by atoms with E-state index in [2.05, 4.69) is 60.4 Å². The molecule has 0 spiro atoms. The number of hydrogen-bond donors (Lipinski definition) is 0. The number of rotatable bonds is 5. The zero-order valence-corrected chi connectivity index (χ0v) is 13.8. The average molecular weight is 307 g/mol. The van der Waals surface area contributed by atoms with E-state index >= 15 is 0 Å². The molecule has 0 aliphatic carbocycles. The van der Waals surface area contributed by atoms with Crippen molar-refractivity contribution in [1.29, 1.82) is 0 Å². The zero-order valence-electron chi connectivity index (χ0n) is 13.8. The summed E-state index contributed by atoms with van der Waals surface area (Å²) in [5.41, 5.74) is 3.97. The maximum absolute atomic E-state index is 11.6. The molecule has 1 aliphatic heterocycles. The number of aryl methyl sites for hydroxylation is 1. The lowest BCUT2D eigenvalue weighted by Crippen LogP contribution is -2.41. The summed E-state index contributed by atoms with van der Waals surface area (Å²) < 4.78 is 0. The summed E-state index contributed by atoms with van der Waals surface area (Å²) >= 11 is 0. The van der Waals surface area contributed by atoms with Crippen molar-refractivity contribution in [2.24, 2.45) is 11.8 Å². The van der Waals surface area contributed by atoms with Gasteiger partial charge in [-0.05, 0) is 43.4 Å². The molecule has 2 aromatic rings. The molecule has 2 heteroatoms. The second-order valence-corrected chi connectivity index (χ2v) is 6.76. The third kappa shape index (κ3) is 4.29. The predicted octanol–water partition coefficient (Wildman–Crippen LogP) is 3.87. The number of carbonyl (C=O) groups is 1. The minimum atomic E-state index is 0.147. The number of piperidine rings is 1. The Morgan fingerprint density at radius 3 is 2.48 bits per heavy atom. The summed E-state index contributed by atoms with van der Waals surface area (Å²) in [6.07, 6.45) is 3.29. The van der Waals surface area contributed by atoms with E-state index in [9.17, 15) is 4.79 Å². The first-order valence-electron chi connectivity index (χ1n) is 8.51. The van der Waals surface area contributed by atoms with Crippen molar-refractivity contribution in [2.75, 3.05) is 13.1 Å². The Labute approximate surface area is 139 Å². The first-order chi connectivity index (χ1) is 11.2. The largest absolute Gasteiger partial charge is 0.303 e. The van der Waals surface area contributed by atoms with Gasteiger partial charge in [0.05, 0.1) is 0 Å². The second kappa shape index (κ2) is 7.56. The van der Waals surface area contributed by atoms with Crippen LogP contribution in [0.15, 0.2) is 54.6 Å². The van der Waals surface area contributed by atoms with Gasteiger partial charge >= 0.3 is 0 Å². The highest BCUT2D eigenvalue weighted by atomic mass is 16.1. The van der Waals surface area contributed by atoms with E-state index < -0.39 is 0 Å². The SMILES string of the molecule is Cc1ccc(CC2CCN(Cc3ccccc3)CC2C=O)cc1. The number of nitrogens with zero attached hydrogens (tertiary/aromatic N) is 1. The maximum Gasteiger partial charge on any atom is 0.124 e. The number of aldehydes is 1. The molecule has 2 nitrogen and oxygen atoms in total. The highest BCUT2D eigenvalue weighted by Gasteiger charge is 2.28. The first kappa shape index (κ1) is 15.9. The number of likely N-dealkylation sites (tertiary alicyclic amines) is 1. The van der Waals surface area contributed by atoms with Crippen molar-refractivity contribution in [3.05, 3.63) is 71.3 Å². The number of hydrogen-bond acceptors (Lipinski definition) is 2. The monoisotopic (exact) mass is 307 g/mol. The minimum Gasteiger partial charge on any atom is -0.303 e. The van der Waals surface area contributed by atoms with Crippen LogP contribution in [0.3, 0.4) is 0 Å². The summed E-state index contributed by atoms with van der Waals surface area (Å²) in [6.45, 7) is 5.02. The van der Waals surface area contributed by atoms with E-state index in [4.69, 9.17) is 0 Å². The van der Waals surface area contributed by atoms with Crippen molar-refractivity contribution >= 4 is 6.29 Å². The lowest BCUT2D eigenvalue weighted by atomic mass is 9.82. The molecule has 2 aromatic carbocycles. The molecule has 0 aromatic heterocycles. The summed E-state index contributed by atoms with van der Waals surface area (Å²) in [5.74, 6) is 0.621. The lowest BCUT2D eigenvalue weighted by Gasteiger charge is -2.36. The van der Waals surface area contributed by atoms with Crippen LogP contribution < -0.4 is 0 Å². The van der Waals surface area contributed by atoms with Crippen LogP contribution in [-0.2, 0) is 17.8 Å². The van der Waals surface area contributed by atoms with Crippen LogP contribution in [0, 0.1) is 18.8 Å². The molecule has 1 fully saturated rings. The fourth-order valence-corrected chi connectivity index (χ4v) is 3.52. The molecule has 0 bridgehead atoms. The molecule has 3 rings (SSSR count). The lowest BCUT2D eigenvalue weighted by molar-refractivity contribution is -0.114. The molecular formula is C21H25NO. The van der Waals surface area contributed by atoms with Gasteiger partial charge in [0.2, 0.25) is 0 Å². The fraction of sp³-hybridized carbons (Fsp3) is 0.381. The van der Waals surface area contributed by atoms with E-state index in [1.807, 2.05) is 6.07 Å². The van der Waals surface area contributed by atoms with Crippen LogP contribution >= 0.6 is 0 Å². The van der Waals surface area contributed by atoms with Crippen molar-refractivity contribution in [2.45, 2.75) is 26.3 Å². The van der Waals surface area contributed by atoms with Gasteiger partial charge in [-0.15, -0.1) is 0 Å². The molecule has 1 heterocycles. The quantitative estimate of drug-likeness (QED) is 0.781. The molecule has 120 valence electrons. The molecule has 0 N–H and O–H groups in total. The van der Waals surface area contributed by atoms with Crippen LogP contribution in [0.2, 0.25) is 0 Å². The summed E-state index contributed by atoms with van der Waals surface area (Å²) in [5, 5.41) is 0. The standard InChI is InChI=1S/C21H25NO/c1-17-7-9-18(10-8-17)13-20-11-12-22(15-21(20)16-23)14-19-5-3-2-4-6-19/h2-10,16,20-21H,11-15H2,1H3. The molecule has 0 radical (unpaired) electrons. The van der Waals surface area contributed by atoms with E-state index in [1.165, 1.54) is 23.0 Å². The van der Waals surface area contributed by atoms with Crippen LogP contribution in [0.4, 0.5) is 0 Å². The van der Waals surface area contributed by atoms with Gasteiger partial charge in [-0.3, -0.25) is 4.90 Å². The second-order valence-electron chi connectivity index (χ2n) is 6.76. The van der Waals surface area contributed by atoms with E-state index in [0.29, 0.717) is 5.92 Å². The van der Waals surface area contributed by atoms with Crippen molar-refractivity contribution in [1.82, 2.24) is 4.90 Å². The molecule has 1 aliphatic rings. The van der Waals surface area contributed by atoms with Crippen molar-refractivity contribution in [3.8, 4) is 0 Å². The fourth-order valence-electron chi connectivity index (χ4n) is 3.52. The Bertz CT molecular complexity index is 620. The zero-order chi connectivity index (χ0) is 16.1. The van der Waals surface area contributed by atoms with Crippen LogP contribution in [-0.4, -0.2) is 24.3 Å². The summed E-state index contributed by atoms with van der Waals surface area (Å²) in [4.78, 5) is 14.0. The molecule has 1 saturated heterocycles. The third-order valence-electron chi connectivity index (χ3n) is 4.93. The van der Waals surface area contributed by atoms with Gasteiger partial charge in [0.1, 0.15) is 6.29 Å². The van der Waals surface area contributed by atoms with E-state index in [0.717, 1.165) is 32.5 Å². The van der Waals surface area contributed by atoms with Gasteiger partial charge in [-0.2, -0.15) is 0 Å². The molecule has 2 atom stereocenters. The Morgan fingerprint density at radius 1 is 1.04 bits per heavy atom. The van der Waals surface area contributed by atoms with Crippen LogP contribution in [0.25, 0.3) is 0 Å². The first-order valence-corrected chi connectivity index (χ1v) is 8.51. The normalized spacial score (nSPS) is 22.0. The predicted molar refractivity (Wildman–Crippen MR) is 94.3 cm³/mol. The van der Waals surface area contributed by atoms with E-state index in [1.54, 1.807) is 0 Å². The molecule has 0 amide bonds. The Hall–Kier alpha value is -1.93. The van der Waals surface area contributed by atoms with Gasteiger partial charge in [0.25, 0.3) is 0 Å². The van der Waals surface area contributed by atoms with Gasteiger partial charge in [-0.1, -0.05) is 60.2 Å². The van der Waals surface area contributed by atoms with Gasteiger partial charge in [0, 0.05) is 19.0 Å². The Morgan fingerprint density at radius 2 is 1.78 bits per heavy atom. The van der Waals surface area contributed by atoms with Gasteiger partial charge in [-0.25, -0.2) is 0 Å². The van der Waals surface area contributed by atoms with Crippen molar-refractivity contribution < 1.29 is 4.79 Å². The summed E-state index contributed by atoms with van der Waals surface area (Å²) in [7, 11) is 0. The Kier molecular flexibility index (Phi) is 5.24. The number of carbonyl (C=O) groups excluding carboxylic acids is 1. The highest BCUT2D eigenvalue weighted by molar-refractivity contribution is 5.55.